The zero-order valence-electron chi connectivity index (χ0n) is 12.3. The lowest BCUT2D eigenvalue weighted by Crippen LogP contribution is -2.15. The minimum Gasteiger partial charge on any atom is -0.486 e. The maximum Gasteiger partial charge on any atom is 0.202 e. The minimum absolute atomic E-state index is 0.628. The summed E-state index contributed by atoms with van der Waals surface area (Å²) in [6.45, 7) is 5.25. The van der Waals surface area contributed by atoms with Crippen molar-refractivity contribution in [3.05, 3.63) is 36.2 Å². The molecule has 0 saturated heterocycles. The van der Waals surface area contributed by atoms with Gasteiger partial charge in [-0.25, -0.2) is 4.98 Å². The van der Waals surface area contributed by atoms with Gasteiger partial charge in [-0.05, 0) is 30.5 Å². The third-order valence-corrected chi connectivity index (χ3v) is 3.50. The fraction of sp³-hybridized carbons (Fsp3) is 0.438. The molecule has 1 N–H and O–H groups in total. The van der Waals surface area contributed by atoms with Gasteiger partial charge >= 0.3 is 0 Å². The van der Waals surface area contributed by atoms with Crippen LogP contribution in [0.1, 0.15) is 18.9 Å². The van der Waals surface area contributed by atoms with Crippen molar-refractivity contribution >= 4 is 5.95 Å². The zero-order chi connectivity index (χ0) is 14.5. The predicted octanol–water partition coefficient (Wildman–Crippen LogP) is 2.72. The van der Waals surface area contributed by atoms with Crippen molar-refractivity contribution in [2.75, 3.05) is 25.1 Å². The maximum atomic E-state index is 5.62. The topological polar surface area (TPSA) is 48.3 Å². The number of imidazole rings is 1. The molecule has 0 fully saturated rings. The van der Waals surface area contributed by atoms with E-state index in [9.17, 15) is 0 Å². The smallest absolute Gasteiger partial charge is 0.202 e. The van der Waals surface area contributed by atoms with Crippen LogP contribution in [-0.2, 0) is 13.0 Å². The highest BCUT2D eigenvalue weighted by Gasteiger charge is 2.11. The molecular weight excluding hydrogens is 266 g/mol. The molecule has 112 valence electrons. The van der Waals surface area contributed by atoms with Crippen LogP contribution in [-0.4, -0.2) is 29.3 Å². The number of ether oxygens (including phenoxy) is 2. The van der Waals surface area contributed by atoms with E-state index in [4.69, 9.17) is 9.47 Å². The average molecular weight is 287 g/mol. The van der Waals surface area contributed by atoms with Gasteiger partial charge in [-0.15, -0.1) is 0 Å². The predicted molar refractivity (Wildman–Crippen MR) is 82.1 cm³/mol. The number of rotatable bonds is 6. The first kappa shape index (κ1) is 13.8. The van der Waals surface area contributed by atoms with E-state index < -0.39 is 0 Å². The van der Waals surface area contributed by atoms with Crippen LogP contribution in [0, 0.1) is 0 Å². The van der Waals surface area contributed by atoms with Crippen LogP contribution >= 0.6 is 0 Å². The molecule has 0 amide bonds. The lowest BCUT2D eigenvalue weighted by molar-refractivity contribution is 0.171. The first-order chi connectivity index (χ1) is 10.4. The Hall–Kier alpha value is -2.17. The molecular formula is C16H21N3O2. The van der Waals surface area contributed by atoms with Crippen molar-refractivity contribution in [1.82, 2.24) is 9.55 Å². The molecule has 2 aromatic rings. The summed E-state index contributed by atoms with van der Waals surface area (Å²) in [6, 6.07) is 6.17. The lowest BCUT2D eigenvalue weighted by atomic mass is 10.1. The van der Waals surface area contributed by atoms with Crippen LogP contribution < -0.4 is 14.8 Å². The average Bonchev–Trinajstić information content (AvgIpc) is 2.98. The van der Waals surface area contributed by atoms with Gasteiger partial charge in [0.1, 0.15) is 13.2 Å². The van der Waals surface area contributed by atoms with Crippen LogP contribution in [0.5, 0.6) is 11.5 Å². The van der Waals surface area contributed by atoms with Crippen molar-refractivity contribution in [2.24, 2.45) is 0 Å². The molecule has 5 heteroatoms. The Balaban J connectivity index is 1.63. The van der Waals surface area contributed by atoms with E-state index in [2.05, 4.69) is 33.9 Å². The molecule has 1 aromatic carbocycles. The summed E-state index contributed by atoms with van der Waals surface area (Å²) in [6.07, 6.45) is 5.88. The van der Waals surface area contributed by atoms with E-state index in [-0.39, 0.29) is 0 Å². The normalized spacial score (nSPS) is 13.2. The minimum atomic E-state index is 0.628. The molecule has 2 heterocycles. The van der Waals surface area contributed by atoms with Crippen molar-refractivity contribution in [3.63, 3.8) is 0 Å². The second-order valence-corrected chi connectivity index (χ2v) is 5.10. The van der Waals surface area contributed by atoms with Crippen LogP contribution in [0.25, 0.3) is 0 Å². The molecule has 1 aromatic heterocycles. The molecule has 0 bridgehead atoms. The first-order valence-electron chi connectivity index (χ1n) is 7.50. The number of aromatic nitrogens is 2. The number of hydrogen-bond acceptors (Lipinski definition) is 4. The largest absolute Gasteiger partial charge is 0.486 e. The van der Waals surface area contributed by atoms with Crippen LogP contribution in [0.3, 0.4) is 0 Å². The second kappa shape index (κ2) is 6.52. The second-order valence-electron chi connectivity index (χ2n) is 5.10. The van der Waals surface area contributed by atoms with Crippen LogP contribution in [0.15, 0.2) is 30.6 Å². The summed E-state index contributed by atoms with van der Waals surface area (Å²) in [5.41, 5.74) is 1.24. The highest BCUT2D eigenvalue weighted by atomic mass is 16.6. The summed E-state index contributed by atoms with van der Waals surface area (Å²) in [5.74, 6) is 2.64. The number of hydrogen-bond donors (Lipinski definition) is 1. The van der Waals surface area contributed by atoms with E-state index >= 15 is 0 Å². The van der Waals surface area contributed by atoms with E-state index in [1.807, 2.05) is 18.5 Å². The van der Waals surface area contributed by atoms with Gasteiger partial charge < -0.3 is 19.4 Å². The van der Waals surface area contributed by atoms with Gasteiger partial charge in [0.25, 0.3) is 0 Å². The number of aryl methyl sites for hydroxylation is 2. The molecule has 0 unspecified atom stereocenters. The first-order valence-corrected chi connectivity index (χ1v) is 7.50. The zero-order valence-corrected chi connectivity index (χ0v) is 12.3. The summed E-state index contributed by atoms with van der Waals surface area (Å²) in [5, 5.41) is 3.34. The highest BCUT2D eigenvalue weighted by molar-refractivity contribution is 5.43. The number of nitrogens with one attached hydrogen (secondary N) is 1. The van der Waals surface area contributed by atoms with Crippen molar-refractivity contribution < 1.29 is 9.47 Å². The summed E-state index contributed by atoms with van der Waals surface area (Å²) in [7, 11) is 0. The van der Waals surface area contributed by atoms with Crippen molar-refractivity contribution in [1.29, 1.82) is 0 Å². The molecule has 3 rings (SSSR count). The Kier molecular flexibility index (Phi) is 4.28. The fourth-order valence-corrected chi connectivity index (χ4v) is 2.39. The van der Waals surface area contributed by atoms with E-state index in [1.54, 1.807) is 0 Å². The third-order valence-electron chi connectivity index (χ3n) is 3.50. The Morgan fingerprint density at radius 2 is 2.10 bits per heavy atom. The Morgan fingerprint density at radius 1 is 1.24 bits per heavy atom. The van der Waals surface area contributed by atoms with Gasteiger partial charge in [0, 0.05) is 25.5 Å². The Labute approximate surface area is 124 Å². The number of anilines is 1. The fourth-order valence-electron chi connectivity index (χ4n) is 2.39. The summed E-state index contributed by atoms with van der Waals surface area (Å²) < 4.78 is 13.3. The highest BCUT2D eigenvalue weighted by Crippen LogP contribution is 2.30. The lowest BCUT2D eigenvalue weighted by Gasteiger charge is -2.19. The standard InChI is InChI=1S/C16H21N3O2/c1-2-6-17-16-18-7-9-19(16)8-5-13-3-4-14-15(12-13)21-11-10-20-14/h3-4,7,9,12H,2,5-6,8,10-11H2,1H3,(H,17,18). The summed E-state index contributed by atoms with van der Waals surface area (Å²) >= 11 is 0. The SMILES string of the molecule is CCCNc1nccn1CCc1ccc2c(c1)OCCO2. The Morgan fingerprint density at radius 3 is 2.95 bits per heavy atom. The molecule has 0 saturated carbocycles. The van der Waals surface area contributed by atoms with Crippen LogP contribution in [0.2, 0.25) is 0 Å². The number of benzene rings is 1. The quantitative estimate of drug-likeness (QED) is 0.887. The molecule has 1 aliphatic rings. The number of fused-ring (bicyclic) bond motifs is 1. The van der Waals surface area contributed by atoms with Gasteiger partial charge in [-0.1, -0.05) is 13.0 Å². The maximum absolute atomic E-state index is 5.62. The van der Waals surface area contributed by atoms with Crippen molar-refractivity contribution in [2.45, 2.75) is 26.3 Å². The van der Waals surface area contributed by atoms with Gasteiger partial charge in [0.2, 0.25) is 5.95 Å². The Bertz CT molecular complexity index is 595. The molecule has 5 nitrogen and oxygen atoms in total. The van der Waals surface area contributed by atoms with Gasteiger partial charge in [-0.2, -0.15) is 0 Å². The third kappa shape index (κ3) is 3.29. The van der Waals surface area contributed by atoms with Gasteiger partial charge in [0.15, 0.2) is 11.5 Å². The van der Waals surface area contributed by atoms with Crippen molar-refractivity contribution in [3.8, 4) is 11.5 Å². The summed E-state index contributed by atoms with van der Waals surface area (Å²) in [4.78, 5) is 4.34. The molecule has 1 aliphatic heterocycles. The van der Waals surface area contributed by atoms with E-state index in [1.165, 1.54) is 5.56 Å². The van der Waals surface area contributed by atoms with E-state index in [0.717, 1.165) is 43.4 Å². The monoisotopic (exact) mass is 287 g/mol. The van der Waals surface area contributed by atoms with Gasteiger partial charge in [0.05, 0.1) is 0 Å². The molecule has 21 heavy (non-hydrogen) atoms. The number of nitrogens with zero attached hydrogens (tertiary/aromatic N) is 2. The molecule has 0 spiro atoms. The molecule has 0 atom stereocenters. The molecule has 0 radical (unpaired) electrons. The van der Waals surface area contributed by atoms with Gasteiger partial charge in [-0.3, -0.25) is 0 Å². The van der Waals surface area contributed by atoms with E-state index in [0.29, 0.717) is 13.2 Å². The van der Waals surface area contributed by atoms with Crippen LogP contribution in [0.4, 0.5) is 5.95 Å². The molecule has 0 aliphatic carbocycles.